The number of nitro benzene ring substituents is 1. The lowest BCUT2D eigenvalue weighted by molar-refractivity contribution is -0.384. The minimum atomic E-state index is -1.36. The highest BCUT2D eigenvalue weighted by Gasteiger charge is 2.42. The zero-order chi connectivity index (χ0) is 13.3. The van der Waals surface area contributed by atoms with Crippen molar-refractivity contribution < 1.29 is 19.7 Å². The summed E-state index contributed by atoms with van der Waals surface area (Å²) in [5.41, 5.74) is -0.309. The summed E-state index contributed by atoms with van der Waals surface area (Å²) in [6, 6.07) is 5.73. The number of nitrogens with zero attached hydrogens (tertiary/aromatic N) is 2. The van der Waals surface area contributed by atoms with Gasteiger partial charge < -0.3 is 9.94 Å². The van der Waals surface area contributed by atoms with Gasteiger partial charge in [0, 0.05) is 18.6 Å². The molecule has 7 nitrogen and oxygen atoms in total. The molecule has 0 aromatic heterocycles. The Morgan fingerprint density at radius 2 is 2.11 bits per heavy atom. The van der Waals surface area contributed by atoms with E-state index in [2.05, 4.69) is 5.16 Å². The number of aliphatic carboxylic acids is 1. The minimum absolute atomic E-state index is 0.0285. The molecule has 94 valence electrons. The summed E-state index contributed by atoms with van der Waals surface area (Å²) in [7, 11) is 0. The number of carboxylic acid groups (broad SMARTS) is 1. The van der Waals surface area contributed by atoms with Gasteiger partial charge in [0.1, 0.15) is 0 Å². The van der Waals surface area contributed by atoms with Crippen LogP contribution >= 0.6 is 0 Å². The van der Waals surface area contributed by atoms with Crippen LogP contribution < -0.4 is 0 Å². The Labute approximate surface area is 102 Å². The fourth-order valence-corrected chi connectivity index (χ4v) is 1.58. The molecule has 0 unspecified atom stereocenters. The Hall–Kier alpha value is -2.44. The third-order valence-electron chi connectivity index (χ3n) is 2.73. The summed E-state index contributed by atoms with van der Waals surface area (Å²) >= 11 is 0. The average Bonchev–Trinajstić information content (AvgIpc) is 2.73. The van der Waals surface area contributed by atoms with Gasteiger partial charge in [0.25, 0.3) is 5.69 Å². The first-order valence-corrected chi connectivity index (χ1v) is 5.16. The van der Waals surface area contributed by atoms with E-state index in [1.807, 2.05) is 0 Å². The fraction of sp³-hybridized carbons (Fsp3) is 0.273. The Morgan fingerprint density at radius 3 is 2.56 bits per heavy atom. The normalized spacial score (nSPS) is 22.2. The number of carbonyl (C=O) groups is 1. The van der Waals surface area contributed by atoms with Gasteiger partial charge in [-0.05, 0) is 24.6 Å². The highest BCUT2D eigenvalue weighted by molar-refractivity contribution is 6.04. The van der Waals surface area contributed by atoms with Gasteiger partial charge in [-0.15, -0.1) is 0 Å². The largest absolute Gasteiger partial charge is 0.478 e. The molecule has 0 aliphatic carbocycles. The van der Waals surface area contributed by atoms with Crippen molar-refractivity contribution in [2.75, 3.05) is 0 Å². The van der Waals surface area contributed by atoms with Crippen molar-refractivity contribution in [1.82, 2.24) is 0 Å². The molecule has 18 heavy (non-hydrogen) atoms. The number of benzene rings is 1. The lowest BCUT2D eigenvalue weighted by Crippen LogP contribution is -2.35. The smallest absolute Gasteiger partial charge is 0.351 e. The molecule has 0 saturated heterocycles. The second kappa shape index (κ2) is 4.10. The highest BCUT2D eigenvalue weighted by Crippen LogP contribution is 2.27. The lowest BCUT2D eigenvalue weighted by atomic mass is 9.96. The Morgan fingerprint density at radius 1 is 1.50 bits per heavy atom. The third-order valence-corrected chi connectivity index (χ3v) is 2.73. The van der Waals surface area contributed by atoms with Gasteiger partial charge in [-0.3, -0.25) is 10.1 Å². The molecule has 1 aliphatic heterocycles. The molecule has 2 rings (SSSR count). The van der Waals surface area contributed by atoms with Gasteiger partial charge >= 0.3 is 5.97 Å². The topological polar surface area (TPSA) is 102 Å². The second-order valence-corrected chi connectivity index (χ2v) is 4.15. The Bertz CT molecular complexity index is 537. The molecule has 0 spiro atoms. The molecular formula is C11H10N2O5. The number of rotatable bonds is 3. The van der Waals surface area contributed by atoms with Gasteiger partial charge in [-0.25, -0.2) is 4.79 Å². The van der Waals surface area contributed by atoms with E-state index in [1.165, 1.54) is 31.2 Å². The van der Waals surface area contributed by atoms with Crippen LogP contribution in [0.4, 0.5) is 5.69 Å². The number of nitro groups is 1. The standard InChI is InChI=1S/C11H10N2O5/c1-11(10(14)15)6-9(12-18-11)7-2-4-8(5-3-7)13(16)17/h2-5H,6H2,1H3,(H,14,15)/t11-/m0/s1. The number of carboxylic acids is 1. The van der Waals surface area contributed by atoms with Gasteiger partial charge in [-0.2, -0.15) is 0 Å². The molecule has 7 heteroatoms. The molecule has 0 fully saturated rings. The lowest BCUT2D eigenvalue weighted by Gasteiger charge is -2.14. The summed E-state index contributed by atoms with van der Waals surface area (Å²) in [6.07, 6.45) is 0.125. The van der Waals surface area contributed by atoms with Crippen molar-refractivity contribution in [3.05, 3.63) is 39.9 Å². The SMILES string of the molecule is C[C@@]1(C(=O)O)CC(c2ccc([N+](=O)[O-])cc2)=NO1. The van der Waals surface area contributed by atoms with E-state index in [0.29, 0.717) is 11.3 Å². The van der Waals surface area contributed by atoms with Gasteiger partial charge in [-0.1, -0.05) is 5.16 Å². The van der Waals surface area contributed by atoms with Crippen LogP contribution in [0, 0.1) is 10.1 Å². The number of hydrogen-bond donors (Lipinski definition) is 1. The fourth-order valence-electron chi connectivity index (χ4n) is 1.58. The van der Waals surface area contributed by atoms with Crippen molar-refractivity contribution in [3.8, 4) is 0 Å². The van der Waals surface area contributed by atoms with Crippen LogP contribution in [0.3, 0.4) is 0 Å². The molecule has 1 aromatic carbocycles. The minimum Gasteiger partial charge on any atom is -0.478 e. The van der Waals surface area contributed by atoms with E-state index in [4.69, 9.17) is 9.94 Å². The zero-order valence-corrected chi connectivity index (χ0v) is 9.49. The summed E-state index contributed by atoms with van der Waals surface area (Å²) in [5.74, 6) is -1.09. The van der Waals surface area contributed by atoms with Gasteiger partial charge in [0.05, 0.1) is 10.6 Å². The van der Waals surface area contributed by atoms with Crippen LogP contribution in [0.2, 0.25) is 0 Å². The Balaban J connectivity index is 2.20. The molecular weight excluding hydrogens is 240 g/mol. The summed E-state index contributed by atoms with van der Waals surface area (Å²) < 4.78 is 0. The molecule has 0 radical (unpaired) electrons. The predicted molar refractivity (Wildman–Crippen MR) is 61.4 cm³/mol. The third kappa shape index (κ3) is 2.02. The maximum absolute atomic E-state index is 11.0. The first kappa shape index (κ1) is 12.0. The van der Waals surface area contributed by atoms with Crippen LogP contribution in [0.1, 0.15) is 18.9 Å². The van der Waals surface area contributed by atoms with E-state index in [-0.39, 0.29) is 12.1 Å². The molecule has 1 atom stereocenters. The molecule has 1 aromatic rings. The van der Waals surface area contributed by atoms with E-state index < -0.39 is 16.5 Å². The second-order valence-electron chi connectivity index (χ2n) is 4.15. The number of non-ortho nitro benzene ring substituents is 1. The van der Waals surface area contributed by atoms with Gasteiger partial charge in [0.15, 0.2) is 0 Å². The highest BCUT2D eigenvalue weighted by atomic mass is 16.7. The van der Waals surface area contributed by atoms with Crippen molar-refractivity contribution in [3.63, 3.8) is 0 Å². The Kier molecular flexibility index (Phi) is 2.74. The predicted octanol–water partition coefficient (Wildman–Crippen LogP) is 1.56. The first-order chi connectivity index (χ1) is 8.42. The first-order valence-electron chi connectivity index (χ1n) is 5.16. The van der Waals surface area contributed by atoms with E-state index in [1.54, 1.807) is 0 Å². The molecule has 0 amide bonds. The van der Waals surface area contributed by atoms with Crippen molar-refractivity contribution in [1.29, 1.82) is 0 Å². The van der Waals surface area contributed by atoms with Gasteiger partial charge in [0.2, 0.25) is 5.60 Å². The quantitative estimate of drug-likeness (QED) is 0.647. The maximum atomic E-state index is 11.0. The summed E-state index contributed by atoms with van der Waals surface area (Å²) in [5, 5.41) is 23.2. The molecule has 0 saturated carbocycles. The summed E-state index contributed by atoms with van der Waals surface area (Å²) in [4.78, 5) is 25.9. The monoisotopic (exact) mass is 250 g/mol. The van der Waals surface area contributed by atoms with Crippen LogP contribution in [0.5, 0.6) is 0 Å². The number of oxime groups is 1. The van der Waals surface area contributed by atoms with Crippen LogP contribution in [-0.2, 0) is 9.63 Å². The van der Waals surface area contributed by atoms with Crippen molar-refractivity contribution in [2.45, 2.75) is 18.9 Å². The van der Waals surface area contributed by atoms with Crippen molar-refractivity contribution in [2.24, 2.45) is 5.16 Å². The van der Waals surface area contributed by atoms with E-state index >= 15 is 0 Å². The summed E-state index contributed by atoms with van der Waals surface area (Å²) in [6.45, 7) is 1.43. The zero-order valence-electron chi connectivity index (χ0n) is 9.49. The van der Waals surface area contributed by atoms with E-state index in [9.17, 15) is 14.9 Å². The van der Waals surface area contributed by atoms with Crippen molar-refractivity contribution >= 4 is 17.4 Å². The van der Waals surface area contributed by atoms with E-state index in [0.717, 1.165) is 0 Å². The molecule has 1 N–H and O–H groups in total. The molecule has 0 bridgehead atoms. The maximum Gasteiger partial charge on any atom is 0.351 e. The number of hydrogen-bond acceptors (Lipinski definition) is 5. The molecule has 1 aliphatic rings. The average molecular weight is 250 g/mol. The van der Waals surface area contributed by atoms with Crippen LogP contribution in [0.15, 0.2) is 29.4 Å². The van der Waals surface area contributed by atoms with Crippen LogP contribution in [-0.4, -0.2) is 27.3 Å². The van der Waals surface area contributed by atoms with Crippen LogP contribution in [0.25, 0.3) is 0 Å². The molecule has 1 heterocycles.